The largest absolute Gasteiger partial charge is 0.497 e. The van der Waals surface area contributed by atoms with E-state index in [1.165, 1.54) is 37.7 Å². The summed E-state index contributed by atoms with van der Waals surface area (Å²) in [4.78, 5) is 19.0. The number of nitrogens with zero attached hydrogens (tertiary/aromatic N) is 2. The summed E-state index contributed by atoms with van der Waals surface area (Å²) in [5, 5.41) is 6.79. The Morgan fingerprint density at radius 1 is 1.09 bits per heavy atom. The smallest absolute Gasteiger partial charge is 0.268 e. The number of rotatable bonds is 12. The number of likely N-dealkylation sites (tertiary alicyclic amines) is 1. The molecule has 170 valence electrons. The number of hydrogen-bond donors (Lipinski definition) is 3. The van der Waals surface area contributed by atoms with Crippen molar-refractivity contribution in [3.05, 3.63) is 59.8 Å². The molecule has 2 aromatic carbocycles. The summed E-state index contributed by atoms with van der Waals surface area (Å²) in [5.41, 5.74) is 8.59. The lowest BCUT2D eigenvalue weighted by Crippen LogP contribution is -2.25. The molecule has 1 amide bonds. The summed E-state index contributed by atoms with van der Waals surface area (Å²) < 4.78 is 5.18. The van der Waals surface area contributed by atoms with Crippen LogP contribution in [0.15, 0.2) is 59.2 Å². The minimum absolute atomic E-state index is 0.168. The number of ether oxygens (including phenoxy) is 1. The molecule has 1 aliphatic heterocycles. The van der Waals surface area contributed by atoms with Crippen molar-refractivity contribution in [2.75, 3.05) is 49.8 Å². The number of methoxy groups -OCH3 is 1. The topological polar surface area (TPSA) is 92.0 Å². The van der Waals surface area contributed by atoms with Crippen LogP contribution >= 0.6 is 11.8 Å². The van der Waals surface area contributed by atoms with Gasteiger partial charge in [0.2, 0.25) is 0 Å². The molecule has 1 aliphatic rings. The fourth-order valence-electron chi connectivity index (χ4n) is 3.55. The van der Waals surface area contributed by atoms with Gasteiger partial charge in [-0.05, 0) is 74.6 Å². The van der Waals surface area contributed by atoms with E-state index in [4.69, 9.17) is 10.5 Å². The zero-order valence-electron chi connectivity index (χ0n) is 18.5. The van der Waals surface area contributed by atoms with Crippen molar-refractivity contribution in [3.8, 4) is 5.75 Å². The standard InChI is InChI=1S/C24H31N5O2S/c1-26-22(24(25)30)23(32-17-28-20-9-11-21(31-2)12-10-20)18-5-7-19(8-6-18)27-13-16-29-14-3-4-15-29/h5-12,27-28H,1,3-4,13-17H2,2H3,(H2,25,30)/b23-22-. The molecule has 4 N–H and O–H groups in total. The summed E-state index contributed by atoms with van der Waals surface area (Å²) in [6, 6.07) is 15.6. The number of anilines is 2. The van der Waals surface area contributed by atoms with Crippen molar-refractivity contribution >= 4 is 40.7 Å². The Hall–Kier alpha value is -2.97. The highest BCUT2D eigenvalue weighted by Gasteiger charge is 2.15. The van der Waals surface area contributed by atoms with Crippen molar-refractivity contribution in [2.45, 2.75) is 12.8 Å². The first-order chi connectivity index (χ1) is 15.6. The molecule has 0 unspecified atom stereocenters. The first-order valence-corrected chi connectivity index (χ1v) is 11.7. The van der Waals surface area contributed by atoms with Crippen molar-refractivity contribution in [3.63, 3.8) is 0 Å². The number of carbonyl (C=O) groups excluding carboxylic acids is 1. The summed E-state index contributed by atoms with van der Waals surface area (Å²) in [7, 11) is 1.64. The highest BCUT2D eigenvalue weighted by Crippen LogP contribution is 2.32. The molecule has 0 bridgehead atoms. The lowest BCUT2D eigenvalue weighted by molar-refractivity contribution is -0.114. The lowest BCUT2D eigenvalue weighted by atomic mass is 10.1. The van der Waals surface area contributed by atoms with E-state index >= 15 is 0 Å². The maximum Gasteiger partial charge on any atom is 0.268 e. The average Bonchev–Trinajstić information content (AvgIpc) is 3.33. The molecule has 2 aromatic rings. The normalized spacial score (nSPS) is 14.5. The quantitative estimate of drug-likeness (QED) is 0.257. The van der Waals surface area contributed by atoms with E-state index in [1.807, 2.05) is 48.5 Å². The minimum Gasteiger partial charge on any atom is -0.497 e. The van der Waals surface area contributed by atoms with Gasteiger partial charge in [-0.1, -0.05) is 12.1 Å². The monoisotopic (exact) mass is 453 g/mol. The van der Waals surface area contributed by atoms with Crippen LogP contribution in [-0.4, -0.2) is 56.7 Å². The van der Waals surface area contributed by atoms with Crippen LogP contribution in [0.4, 0.5) is 11.4 Å². The van der Waals surface area contributed by atoms with Gasteiger partial charge in [-0.15, -0.1) is 11.8 Å². The Bertz CT molecular complexity index is 922. The molecule has 32 heavy (non-hydrogen) atoms. The molecule has 1 fully saturated rings. The van der Waals surface area contributed by atoms with E-state index in [1.54, 1.807) is 7.11 Å². The first-order valence-electron chi connectivity index (χ1n) is 10.7. The number of hydrogen-bond acceptors (Lipinski definition) is 7. The molecule has 0 aliphatic carbocycles. The van der Waals surface area contributed by atoms with E-state index in [0.29, 0.717) is 10.8 Å². The van der Waals surface area contributed by atoms with Crippen molar-refractivity contribution in [1.29, 1.82) is 0 Å². The van der Waals surface area contributed by atoms with Gasteiger partial charge in [-0.2, -0.15) is 0 Å². The second-order valence-electron chi connectivity index (χ2n) is 7.45. The molecule has 0 saturated carbocycles. The molecule has 8 heteroatoms. The molecular weight excluding hydrogens is 422 g/mol. The summed E-state index contributed by atoms with van der Waals surface area (Å²) in [6.45, 7) is 7.88. The lowest BCUT2D eigenvalue weighted by Gasteiger charge is -2.16. The number of benzene rings is 2. The van der Waals surface area contributed by atoms with Crippen LogP contribution in [0, 0.1) is 0 Å². The van der Waals surface area contributed by atoms with Crippen molar-refractivity contribution in [2.24, 2.45) is 10.7 Å². The Balaban J connectivity index is 1.63. The Kier molecular flexibility index (Phi) is 9.01. The molecule has 0 aromatic heterocycles. The maximum absolute atomic E-state index is 11.9. The SMILES string of the molecule is C=N/C(C(N)=O)=C(\SCNc1ccc(OC)cc1)c1ccc(NCCN2CCCC2)cc1. The number of primary amides is 1. The van der Waals surface area contributed by atoms with E-state index in [-0.39, 0.29) is 5.70 Å². The molecule has 0 radical (unpaired) electrons. The van der Waals surface area contributed by atoms with E-state index in [2.05, 4.69) is 27.2 Å². The van der Waals surface area contributed by atoms with Gasteiger partial charge in [-0.3, -0.25) is 9.79 Å². The fourth-order valence-corrected chi connectivity index (χ4v) is 4.54. The van der Waals surface area contributed by atoms with Gasteiger partial charge in [0.25, 0.3) is 5.91 Å². The van der Waals surface area contributed by atoms with Crippen LogP contribution in [0.2, 0.25) is 0 Å². The van der Waals surface area contributed by atoms with Gasteiger partial charge in [0.05, 0.1) is 13.0 Å². The van der Waals surface area contributed by atoms with Gasteiger partial charge in [0.15, 0.2) is 0 Å². The third kappa shape index (κ3) is 6.77. The van der Waals surface area contributed by atoms with Gasteiger partial charge < -0.3 is 26.0 Å². The Morgan fingerprint density at radius 3 is 2.31 bits per heavy atom. The number of aliphatic imine (C=N–C) groups is 1. The first kappa shape index (κ1) is 23.7. The van der Waals surface area contributed by atoms with Crippen molar-refractivity contribution in [1.82, 2.24) is 4.90 Å². The third-order valence-corrected chi connectivity index (χ3v) is 6.30. The van der Waals surface area contributed by atoms with Crippen LogP contribution < -0.4 is 21.1 Å². The van der Waals surface area contributed by atoms with Crippen LogP contribution in [0.1, 0.15) is 18.4 Å². The van der Waals surface area contributed by atoms with Crippen LogP contribution in [-0.2, 0) is 4.79 Å². The van der Waals surface area contributed by atoms with Gasteiger partial charge in [-0.25, -0.2) is 0 Å². The Labute approximate surface area is 194 Å². The molecule has 1 saturated heterocycles. The zero-order chi connectivity index (χ0) is 22.8. The van der Waals surface area contributed by atoms with Crippen LogP contribution in [0.3, 0.4) is 0 Å². The maximum atomic E-state index is 11.9. The molecule has 7 nitrogen and oxygen atoms in total. The van der Waals surface area contributed by atoms with Crippen LogP contribution in [0.5, 0.6) is 5.75 Å². The fraction of sp³-hybridized carbons (Fsp3) is 0.333. The predicted molar refractivity (Wildman–Crippen MR) is 135 cm³/mol. The summed E-state index contributed by atoms with van der Waals surface area (Å²) in [5.74, 6) is 0.730. The third-order valence-electron chi connectivity index (χ3n) is 5.29. The summed E-state index contributed by atoms with van der Waals surface area (Å²) in [6.07, 6.45) is 2.60. The predicted octanol–water partition coefficient (Wildman–Crippen LogP) is 3.86. The number of carbonyl (C=O) groups is 1. The van der Waals surface area contributed by atoms with Crippen molar-refractivity contribution < 1.29 is 9.53 Å². The number of nitrogens with one attached hydrogen (secondary N) is 2. The zero-order valence-corrected chi connectivity index (χ0v) is 19.3. The molecular formula is C24H31N5O2S. The van der Waals surface area contributed by atoms with E-state index in [0.717, 1.165) is 35.8 Å². The highest BCUT2D eigenvalue weighted by molar-refractivity contribution is 8.08. The average molecular weight is 454 g/mol. The van der Waals surface area contributed by atoms with E-state index in [9.17, 15) is 4.79 Å². The number of thioether (sulfide) groups is 1. The Morgan fingerprint density at radius 2 is 1.72 bits per heavy atom. The second-order valence-corrected chi connectivity index (χ2v) is 8.43. The van der Waals surface area contributed by atoms with Gasteiger partial charge >= 0.3 is 0 Å². The molecule has 0 atom stereocenters. The van der Waals surface area contributed by atoms with Gasteiger partial charge in [0, 0.05) is 29.4 Å². The molecule has 3 rings (SSSR count). The van der Waals surface area contributed by atoms with E-state index < -0.39 is 5.91 Å². The molecule has 1 heterocycles. The number of amides is 1. The van der Waals surface area contributed by atoms with Crippen LogP contribution in [0.25, 0.3) is 4.91 Å². The van der Waals surface area contributed by atoms with Gasteiger partial charge in [0.1, 0.15) is 11.4 Å². The molecule has 0 spiro atoms. The minimum atomic E-state index is -0.597. The number of nitrogens with two attached hydrogens (primary N) is 1. The second kappa shape index (κ2) is 12.2. The highest BCUT2D eigenvalue weighted by atomic mass is 32.2. The summed E-state index contributed by atoms with van der Waals surface area (Å²) >= 11 is 1.46.